The molecule has 0 N–H and O–H groups in total. The van der Waals surface area contributed by atoms with E-state index >= 15 is 0 Å². The van der Waals surface area contributed by atoms with E-state index in [-0.39, 0.29) is 12.1 Å². The van der Waals surface area contributed by atoms with E-state index in [9.17, 15) is 4.79 Å². The van der Waals surface area contributed by atoms with Gasteiger partial charge in [0, 0.05) is 6.42 Å². The average Bonchev–Trinajstić information content (AvgIpc) is 1.88. The Hall–Kier alpha value is -0.790. The molecule has 0 aromatic rings. The Labute approximate surface area is 54.5 Å². The van der Waals surface area contributed by atoms with E-state index in [1.54, 1.807) is 6.08 Å². The van der Waals surface area contributed by atoms with E-state index in [0.717, 1.165) is 12.8 Å². The van der Waals surface area contributed by atoms with Crippen LogP contribution < -0.4 is 0 Å². The van der Waals surface area contributed by atoms with Crippen LogP contribution in [0, 0.1) is 0 Å². The average molecular weight is 126 g/mol. The lowest BCUT2D eigenvalue weighted by molar-refractivity contribution is -0.150. The highest BCUT2D eigenvalue weighted by atomic mass is 16.5. The van der Waals surface area contributed by atoms with E-state index < -0.39 is 0 Å². The normalized spacial score (nSPS) is 27.1. The van der Waals surface area contributed by atoms with Crippen LogP contribution in [0.1, 0.15) is 19.3 Å². The van der Waals surface area contributed by atoms with Gasteiger partial charge < -0.3 is 4.74 Å². The molecule has 1 aliphatic rings. The molecule has 2 heteroatoms. The van der Waals surface area contributed by atoms with Crippen molar-refractivity contribution in [3.63, 3.8) is 0 Å². The molecule has 0 aromatic carbocycles. The lowest BCUT2D eigenvalue weighted by Gasteiger charge is -2.18. The predicted molar refractivity (Wildman–Crippen MR) is 33.9 cm³/mol. The third-order valence-electron chi connectivity index (χ3n) is 1.42. The van der Waals surface area contributed by atoms with Crippen LogP contribution in [0.3, 0.4) is 0 Å². The zero-order valence-electron chi connectivity index (χ0n) is 5.30. The first-order valence-electron chi connectivity index (χ1n) is 3.15. The van der Waals surface area contributed by atoms with Gasteiger partial charge in [0.1, 0.15) is 6.10 Å². The van der Waals surface area contributed by atoms with Crippen molar-refractivity contribution in [1.29, 1.82) is 0 Å². The number of rotatable bonds is 1. The van der Waals surface area contributed by atoms with Crippen molar-refractivity contribution in [2.24, 2.45) is 0 Å². The smallest absolute Gasteiger partial charge is 0.306 e. The predicted octanol–water partition coefficient (Wildman–Crippen LogP) is 1.27. The summed E-state index contributed by atoms with van der Waals surface area (Å²) in [5.41, 5.74) is 0. The van der Waals surface area contributed by atoms with E-state index in [1.165, 1.54) is 0 Å². The Morgan fingerprint density at radius 1 is 1.78 bits per heavy atom. The first kappa shape index (κ1) is 6.33. The molecule has 0 saturated carbocycles. The first-order valence-corrected chi connectivity index (χ1v) is 3.15. The van der Waals surface area contributed by atoms with E-state index in [1.807, 2.05) is 0 Å². The van der Waals surface area contributed by atoms with Crippen LogP contribution in [-0.4, -0.2) is 12.1 Å². The van der Waals surface area contributed by atoms with Crippen molar-refractivity contribution in [3.8, 4) is 0 Å². The molecule has 0 spiro atoms. The lowest BCUT2D eigenvalue weighted by Crippen LogP contribution is -2.20. The molecule has 9 heavy (non-hydrogen) atoms. The molecular formula is C7H10O2. The summed E-state index contributed by atoms with van der Waals surface area (Å²) >= 11 is 0. The molecule has 2 nitrogen and oxygen atoms in total. The highest BCUT2D eigenvalue weighted by Gasteiger charge is 2.16. The maximum absolute atomic E-state index is 10.6. The number of hydrogen-bond donors (Lipinski definition) is 0. The third kappa shape index (κ3) is 1.56. The van der Waals surface area contributed by atoms with Crippen molar-refractivity contribution in [2.45, 2.75) is 25.4 Å². The Balaban J connectivity index is 2.40. The Morgan fingerprint density at radius 2 is 2.56 bits per heavy atom. The van der Waals surface area contributed by atoms with Gasteiger partial charge in [-0.2, -0.15) is 0 Å². The molecule has 0 unspecified atom stereocenters. The summed E-state index contributed by atoms with van der Waals surface area (Å²) in [7, 11) is 0. The van der Waals surface area contributed by atoms with Gasteiger partial charge in [0.15, 0.2) is 0 Å². The van der Waals surface area contributed by atoms with Gasteiger partial charge in [-0.15, -0.1) is 0 Å². The minimum atomic E-state index is -0.0915. The van der Waals surface area contributed by atoms with Gasteiger partial charge in [0.05, 0.1) is 0 Å². The van der Waals surface area contributed by atoms with Gasteiger partial charge in [-0.3, -0.25) is 4.79 Å². The number of ether oxygens (including phenoxy) is 1. The maximum atomic E-state index is 10.6. The molecule has 0 amide bonds. The molecule has 1 heterocycles. The van der Waals surface area contributed by atoms with Gasteiger partial charge in [-0.25, -0.2) is 0 Å². The summed E-state index contributed by atoms with van der Waals surface area (Å²) in [5.74, 6) is -0.0915. The summed E-state index contributed by atoms with van der Waals surface area (Å²) in [6.45, 7) is 3.54. The van der Waals surface area contributed by atoms with E-state index in [0.29, 0.717) is 6.42 Å². The lowest BCUT2D eigenvalue weighted by atomic mass is 10.1. The minimum absolute atomic E-state index is 0.0220. The summed E-state index contributed by atoms with van der Waals surface area (Å²) in [6.07, 6.45) is 4.11. The zero-order valence-corrected chi connectivity index (χ0v) is 5.30. The number of carbonyl (C=O) groups is 1. The second kappa shape index (κ2) is 2.67. The molecular weight excluding hydrogens is 116 g/mol. The Morgan fingerprint density at radius 3 is 3.00 bits per heavy atom. The van der Waals surface area contributed by atoms with Crippen LogP contribution in [0.25, 0.3) is 0 Å². The van der Waals surface area contributed by atoms with Crippen LogP contribution in [-0.2, 0) is 9.53 Å². The molecule has 0 aromatic heterocycles. The van der Waals surface area contributed by atoms with Crippen LogP contribution in [0.4, 0.5) is 0 Å². The van der Waals surface area contributed by atoms with E-state index in [2.05, 4.69) is 6.58 Å². The van der Waals surface area contributed by atoms with Gasteiger partial charge in [-0.1, -0.05) is 12.7 Å². The topological polar surface area (TPSA) is 26.3 Å². The fourth-order valence-corrected chi connectivity index (χ4v) is 0.900. The highest BCUT2D eigenvalue weighted by molar-refractivity contribution is 5.70. The number of hydrogen-bond acceptors (Lipinski definition) is 2. The van der Waals surface area contributed by atoms with E-state index in [4.69, 9.17) is 4.74 Å². The monoisotopic (exact) mass is 126 g/mol. The molecule has 1 aliphatic heterocycles. The Bertz CT molecular complexity index is 129. The summed E-state index contributed by atoms with van der Waals surface area (Å²) in [6, 6.07) is 0. The molecule has 50 valence electrons. The van der Waals surface area contributed by atoms with Crippen LogP contribution >= 0.6 is 0 Å². The van der Waals surface area contributed by atoms with Crippen molar-refractivity contribution in [3.05, 3.63) is 12.7 Å². The molecule has 1 fully saturated rings. The van der Waals surface area contributed by atoms with Crippen molar-refractivity contribution < 1.29 is 9.53 Å². The quantitative estimate of drug-likeness (QED) is 0.390. The number of esters is 1. The summed E-state index contributed by atoms with van der Waals surface area (Å²) in [4.78, 5) is 10.6. The first-order chi connectivity index (χ1) is 4.33. The molecule has 0 aliphatic carbocycles. The number of cyclic esters (lactones) is 1. The van der Waals surface area contributed by atoms with Gasteiger partial charge in [0.25, 0.3) is 0 Å². The van der Waals surface area contributed by atoms with Crippen LogP contribution in [0.2, 0.25) is 0 Å². The molecule has 1 saturated heterocycles. The fourth-order valence-electron chi connectivity index (χ4n) is 0.900. The SMILES string of the molecule is C=C[C@H]1CCCC(=O)O1. The van der Waals surface area contributed by atoms with Gasteiger partial charge >= 0.3 is 5.97 Å². The standard InChI is InChI=1S/C7H10O2/c1-2-6-4-3-5-7(8)9-6/h2,6H,1,3-5H2/t6-/m0/s1. The number of carbonyl (C=O) groups excluding carboxylic acids is 1. The van der Waals surface area contributed by atoms with Crippen molar-refractivity contribution in [1.82, 2.24) is 0 Å². The molecule has 0 radical (unpaired) electrons. The highest BCUT2D eigenvalue weighted by Crippen LogP contribution is 2.13. The second-order valence-corrected chi connectivity index (χ2v) is 2.16. The van der Waals surface area contributed by atoms with Crippen LogP contribution in [0.5, 0.6) is 0 Å². The zero-order chi connectivity index (χ0) is 6.69. The third-order valence-corrected chi connectivity index (χ3v) is 1.42. The van der Waals surface area contributed by atoms with Gasteiger partial charge in [0.2, 0.25) is 0 Å². The maximum Gasteiger partial charge on any atom is 0.306 e. The van der Waals surface area contributed by atoms with Gasteiger partial charge in [-0.05, 0) is 12.8 Å². The van der Waals surface area contributed by atoms with Crippen LogP contribution in [0.15, 0.2) is 12.7 Å². The minimum Gasteiger partial charge on any atom is -0.458 e. The largest absolute Gasteiger partial charge is 0.458 e. The molecule has 1 atom stereocenters. The van der Waals surface area contributed by atoms with Crippen molar-refractivity contribution >= 4 is 5.97 Å². The van der Waals surface area contributed by atoms with Crippen molar-refractivity contribution in [2.75, 3.05) is 0 Å². The fraction of sp³-hybridized carbons (Fsp3) is 0.571. The second-order valence-electron chi connectivity index (χ2n) is 2.16. The molecule has 0 bridgehead atoms. The molecule has 1 rings (SSSR count). The summed E-state index contributed by atoms with van der Waals surface area (Å²) in [5, 5.41) is 0. The Kier molecular flexibility index (Phi) is 1.88. The summed E-state index contributed by atoms with van der Waals surface area (Å²) < 4.78 is 4.88.